The van der Waals surface area contributed by atoms with Crippen molar-refractivity contribution in [2.75, 3.05) is 13.2 Å². The molecule has 7 heteroatoms. The third kappa shape index (κ3) is 7.28. The molecule has 0 fully saturated rings. The Labute approximate surface area is 112 Å². The molecular weight excluding hydrogens is 252 g/mol. The van der Waals surface area contributed by atoms with Crippen LogP contribution in [-0.4, -0.2) is 42.3 Å². The Balaban J connectivity index is 4.15. The van der Waals surface area contributed by atoms with Gasteiger partial charge in [0.05, 0.1) is 13.0 Å². The third-order valence-corrected chi connectivity index (χ3v) is 2.31. The predicted molar refractivity (Wildman–Crippen MR) is 68.7 cm³/mol. The number of urea groups is 1. The number of aliphatic carboxylic acids is 1. The van der Waals surface area contributed by atoms with Crippen molar-refractivity contribution >= 4 is 18.0 Å². The molecule has 0 aromatic rings. The van der Waals surface area contributed by atoms with Crippen molar-refractivity contribution in [3.8, 4) is 0 Å². The number of carboxylic acid groups (broad SMARTS) is 1. The van der Waals surface area contributed by atoms with Crippen LogP contribution in [-0.2, 0) is 14.3 Å². The van der Waals surface area contributed by atoms with E-state index in [-0.39, 0.29) is 19.6 Å². The molecule has 0 radical (unpaired) electrons. The first-order valence-electron chi connectivity index (χ1n) is 6.11. The lowest BCUT2D eigenvalue weighted by Gasteiger charge is -2.27. The number of hydrogen-bond donors (Lipinski definition) is 3. The number of rotatable bonds is 6. The zero-order chi connectivity index (χ0) is 15.1. The molecule has 0 aliphatic carbocycles. The van der Waals surface area contributed by atoms with E-state index in [1.54, 1.807) is 27.7 Å². The van der Waals surface area contributed by atoms with Gasteiger partial charge in [-0.2, -0.15) is 0 Å². The van der Waals surface area contributed by atoms with Crippen LogP contribution in [0.15, 0.2) is 0 Å². The first kappa shape index (κ1) is 17.2. The van der Waals surface area contributed by atoms with Crippen LogP contribution in [0.1, 0.15) is 34.1 Å². The van der Waals surface area contributed by atoms with Crippen LogP contribution < -0.4 is 10.6 Å². The lowest BCUT2D eigenvalue weighted by molar-refractivity contribution is -0.143. The van der Waals surface area contributed by atoms with E-state index in [1.807, 2.05) is 0 Å². The minimum Gasteiger partial charge on any atom is -0.480 e. The van der Waals surface area contributed by atoms with Crippen molar-refractivity contribution in [1.82, 2.24) is 10.6 Å². The average molecular weight is 274 g/mol. The maximum absolute atomic E-state index is 11.5. The highest BCUT2D eigenvalue weighted by Gasteiger charge is 2.32. The highest BCUT2D eigenvalue weighted by atomic mass is 16.5. The highest BCUT2D eigenvalue weighted by molar-refractivity contribution is 5.83. The number of amides is 2. The van der Waals surface area contributed by atoms with E-state index in [9.17, 15) is 14.4 Å². The first-order chi connectivity index (χ1) is 8.68. The maximum Gasteiger partial charge on any atom is 0.326 e. The Bertz CT molecular complexity index is 336. The maximum atomic E-state index is 11.5. The Morgan fingerprint density at radius 2 is 1.84 bits per heavy atom. The number of carbonyl (C=O) groups is 3. The number of carbonyl (C=O) groups excluding carboxylic acids is 2. The molecule has 0 rings (SSSR count). The minimum atomic E-state index is -1.10. The largest absolute Gasteiger partial charge is 0.480 e. The third-order valence-electron chi connectivity index (χ3n) is 2.31. The average Bonchev–Trinajstić information content (AvgIpc) is 2.24. The van der Waals surface area contributed by atoms with Crippen molar-refractivity contribution in [3.05, 3.63) is 0 Å². The van der Waals surface area contributed by atoms with Gasteiger partial charge < -0.3 is 20.5 Å². The molecule has 0 saturated carbocycles. The molecule has 3 N–H and O–H groups in total. The Hall–Kier alpha value is -1.79. The van der Waals surface area contributed by atoms with Crippen LogP contribution in [0.3, 0.4) is 0 Å². The summed E-state index contributed by atoms with van der Waals surface area (Å²) in [4.78, 5) is 33.6. The van der Waals surface area contributed by atoms with Crippen LogP contribution in [0, 0.1) is 5.41 Å². The van der Waals surface area contributed by atoms with Crippen LogP contribution in [0.25, 0.3) is 0 Å². The van der Waals surface area contributed by atoms with E-state index in [4.69, 9.17) is 9.84 Å². The number of hydrogen-bond acceptors (Lipinski definition) is 4. The molecule has 1 atom stereocenters. The zero-order valence-electron chi connectivity index (χ0n) is 11.8. The van der Waals surface area contributed by atoms with Gasteiger partial charge in [-0.1, -0.05) is 20.8 Å². The van der Waals surface area contributed by atoms with Crippen molar-refractivity contribution < 1.29 is 24.2 Å². The van der Waals surface area contributed by atoms with Crippen LogP contribution >= 0.6 is 0 Å². The molecule has 0 aliphatic heterocycles. The van der Waals surface area contributed by atoms with E-state index in [1.165, 1.54) is 0 Å². The molecule has 0 aromatic heterocycles. The lowest BCUT2D eigenvalue weighted by atomic mass is 9.87. The van der Waals surface area contributed by atoms with Crippen LogP contribution in [0.5, 0.6) is 0 Å². The standard InChI is InChI=1S/C12H22N2O5/c1-5-19-8(15)6-7-13-11(18)14-9(10(16)17)12(2,3)4/h9H,5-7H2,1-4H3,(H,16,17)(H2,13,14,18). The van der Waals surface area contributed by atoms with Gasteiger partial charge in [0.25, 0.3) is 0 Å². The fourth-order valence-electron chi connectivity index (χ4n) is 1.34. The zero-order valence-corrected chi connectivity index (χ0v) is 11.8. The monoisotopic (exact) mass is 274 g/mol. The summed E-state index contributed by atoms with van der Waals surface area (Å²) in [5, 5.41) is 13.8. The predicted octanol–water partition coefficient (Wildman–Crippen LogP) is 0.738. The van der Waals surface area contributed by atoms with Crippen molar-refractivity contribution in [2.45, 2.75) is 40.2 Å². The lowest BCUT2D eigenvalue weighted by Crippen LogP contribution is -2.52. The summed E-state index contributed by atoms with van der Waals surface area (Å²) in [6, 6.07) is -1.62. The van der Waals surface area contributed by atoms with Gasteiger partial charge in [-0.25, -0.2) is 9.59 Å². The molecule has 0 aromatic carbocycles. The summed E-state index contributed by atoms with van der Waals surface area (Å²) in [6.45, 7) is 7.22. The molecule has 0 aliphatic rings. The number of carboxylic acids is 1. The van der Waals surface area contributed by atoms with Gasteiger partial charge in [0, 0.05) is 6.54 Å². The molecule has 110 valence electrons. The second kappa shape index (κ2) is 7.60. The smallest absolute Gasteiger partial charge is 0.326 e. The number of ether oxygens (including phenoxy) is 1. The van der Waals surface area contributed by atoms with Gasteiger partial charge >= 0.3 is 18.0 Å². The SMILES string of the molecule is CCOC(=O)CCNC(=O)NC(C(=O)O)C(C)(C)C. The second-order valence-corrected chi connectivity index (χ2v) is 5.09. The van der Waals surface area contributed by atoms with Gasteiger partial charge in [-0.3, -0.25) is 4.79 Å². The fourth-order valence-corrected chi connectivity index (χ4v) is 1.34. The quantitative estimate of drug-likeness (QED) is 0.619. The molecule has 0 spiro atoms. The van der Waals surface area contributed by atoms with E-state index in [0.717, 1.165) is 0 Å². The molecule has 0 heterocycles. The second-order valence-electron chi connectivity index (χ2n) is 5.09. The van der Waals surface area contributed by atoms with E-state index < -0.39 is 29.4 Å². The fraction of sp³-hybridized carbons (Fsp3) is 0.750. The Morgan fingerprint density at radius 3 is 2.26 bits per heavy atom. The molecule has 2 amide bonds. The number of nitrogens with one attached hydrogen (secondary N) is 2. The van der Waals surface area contributed by atoms with Gasteiger partial charge in [-0.15, -0.1) is 0 Å². The molecule has 1 unspecified atom stereocenters. The van der Waals surface area contributed by atoms with Crippen molar-refractivity contribution in [3.63, 3.8) is 0 Å². The molecule has 19 heavy (non-hydrogen) atoms. The topological polar surface area (TPSA) is 105 Å². The Morgan fingerprint density at radius 1 is 1.26 bits per heavy atom. The van der Waals surface area contributed by atoms with Crippen molar-refractivity contribution in [1.29, 1.82) is 0 Å². The normalized spacial score (nSPS) is 12.4. The van der Waals surface area contributed by atoms with Gasteiger partial charge in [-0.05, 0) is 12.3 Å². The molecule has 0 saturated heterocycles. The van der Waals surface area contributed by atoms with Crippen molar-refractivity contribution in [2.24, 2.45) is 5.41 Å². The summed E-state index contributed by atoms with van der Waals surface area (Å²) in [7, 11) is 0. The van der Waals surface area contributed by atoms with E-state index in [2.05, 4.69) is 10.6 Å². The summed E-state index contributed by atoms with van der Waals surface area (Å²) < 4.78 is 4.69. The van der Waals surface area contributed by atoms with Gasteiger partial charge in [0.2, 0.25) is 0 Å². The minimum absolute atomic E-state index is 0.0501. The van der Waals surface area contributed by atoms with E-state index >= 15 is 0 Å². The molecule has 7 nitrogen and oxygen atoms in total. The van der Waals surface area contributed by atoms with E-state index in [0.29, 0.717) is 0 Å². The first-order valence-corrected chi connectivity index (χ1v) is 6.11. The summed E-state index contributed by atoms with van der Waals surface area (Å²) in [5.41, 5.74) is -0.607. The molecular formula is C12H22N2O5. The van der Waals surface area contributed by atoms with Gasteiger partial charge in [0.15, 0.2) is 0 Å². The highest BCUT2D eigenvalue weighted by Crippen LogP contribution is 2.19. The molecule has 0 bridgehead atoms. The summed E-state index contributed by atoms with van der Waals surface area (Å²) >= 11 is 0. The summed E-state index contributed by atoms with van der Waals surface area (Å²) in [6.07, 6.45) is 0.0501. The van der Waals surface area contributed by atoms with Crippen LogP contribution in [0.2, 0.25) is 0 Å². The van der Waals surface area contributed by atoms with Crippen LogP contribution in [0.4, 0.5) is 4.79 Å². The Kier molecular flexibility index (Phi) is 6.89. The number of esters is 1. The summed E-state index contributed by atoms with van der Waals surface area (Å²) in [5.74, 6) is -1.51. The van der Waals surface area contributed by atoms with Gasteiger partial charge in [0.1, 0.15) is 6.04 Å².